The Labute approximate surface area is 93.4 Å². The first-order valence-corrected chi connectivity index (χ1v) is 6.16. The van der Waals surface area contributed by atoms with Crippen molar-refractivity contribution in [3.63, 3.8) is 0 Å². The monoisotopic (exact) mass is 215 g/mol. The number of ether oxygens (including phenoxy) is 1. The fraction of sp³-hybridized carbons (Fsp3) is 1.00. The molecule has 1 N–H and O–H groups in total. The van der Waals surface area contributed by atoms with Crippen molar-refractivity contribution in [2.24, 2.45) is 5.92 Å². The van der Waals surface area contributed by atoms with Gasteiger partial charge in [-0.3, -0.25) is 0 Å². The summed E-state index contributed by atoms with van der Waals surface area (Å²) < 4.78 is 5.42. The highest BCUT2D eigenvalue weighted by atomic mass is 16.5. The Kier molecular flexibility index (Phi) is 6.22. The van der Waals surface area contributed by atoms with Gasteiger partial charge in [-0.05, 0) is 31.8 Å². The van der Waals surface area contributed by atoms with Crippen molar-refractivity contribution in [2.45, 2.75) is 39.2 Å². The van der Waals surface area contributed by atoms with Gasteiger partial charge in [0.1, 0.15) is 0 Å². The van der Waals surface area contributed by atoms with Crippen LogP contribution in [0.25, 0.3) is 0 Å². The fourth-order valence-corrected chi connectivity index (χ4v) is 1.93. The zero-order chi connectivity index (χ0) is 11.1. The van der Waals surface area contributed by atoms with Gasteiger partial charge in [0, 0.05) is 13.2 Å². The average molecular weight is 215 g/mol. The number of likely N-dealkylation sites (tertiary alicyclic amines) is 1. The van der Waals surface area contributed by atoms with Crippen LogP contribution in [-0.2, 0) is 4.74 Å². The SMILES string of the molecule is CC(C)COC[C@@H](O)CN1CCCCC1. The lowest BCUT2D eigenvalue weighted by molar-refractivity contribution is 0.00556. The third-order valence-corrected chi connectivity index (χ3v) is 2.68. The zero-order valence-electron chi connectivity index (χ0n) is 10.1. The predicted octanol–water partition coefficient (Wildman–Crippen LogP) is 1.51. The molecule has 0 saturated carbocycles. The van der Waals surface area contributed by atoms with E-state index < -0.39 is 0 Å². The molecule has 1 fully saturated rings. The van der Waals surface area contributed by atoms with Crippen LogP contribution in [0.5, 0.6) is 0 Å². The van der Waals surface area contributed by atoms with E-state index in [4.69, 9.17) is 4.74 Å². The van der Waals surface area contributed by atoms with Crippen molar-refractivity contribution < 1.29 is 9.84 Å². The van der Waals surface area contributed by atoms with Gasteiger partial charge in [0.15, 0.2) is 0 Å². The molecule has 90 valence electrons. The van der Waals surface area contributed by atoms with Gasteiger partial charge in [-0.2, -0.15) is 0 Å². The van der Waals surface area contributed by atoms with Crippen molar-refractivity contribution in [3.8, 4) is 0 Å². The maximum atomic E-state index is 9.75. The minimum absolute atomic E-state index is 0.318. The molecule has 0 bridgehead atoms. The molecule has 15 heavy (non-hydrogen) atoms. The first kappa shape index (κ1) is 12.9. The molecule has 3 nitrogen and oxygen atoms in total. The Morgan fingerprint density at radius 2 is 1.80 bits per heavy atom. The standard InChI is InChI=1S/C12H25NO2/c1-11(2)9-15-10-12(14)8-13-6-4-3-5-7-13/h11-12,14H,3-10H2,1-2H3/t12-/m0/s1. The molecule has 1 heterocycles. The van der Waals surface area contributed by atoms with Gasteiger partial charge in [-0.1, -0.05) is 20.3 Å². The molecule has 3 heteroatoms. The van der Waals surface area contributed by atoms with E-state index in [-0.39, 0.29) is 6.10 Å². The van der Waals surface area contributed by atoms with E-state index in [0.29, 0.717) is 12.5 Å². The van der Waals surface area contributed by atoms with Gasteiger partial charge >= 0.3 is 0 Å². The van der Waals surface area contributed by atoms with Crippen LogP contribution in [0.1, 0.15) is 33.1 Å². The topological polar surface area (TPSA) is 32.7 Å². The zero-order valence-corrected chi connectivity index (χ0v) is 10.1. The van der Waals surface area contributed by atoms with E-state index in [1.54, 1.807) is 0 Å². The van der Waals surface area contributed by atoms with E-state index >= 15 is 0 Å². The number of aliphatic hydroxyl groups excluding tert-OH is 1. The Morgan fingerprint density at radius 1 is 1.13 bits per heavy atom. The van der Waals surface area contributed by atoms with Gasteiger partial charge in [0.2, 0.25) is 0 Å². The second-order valence-electron chi connectivity index (χ2n) is 4.95. The van der Waals surface area contributed by atoms with Crippen LogP contribution >= 0.6 is 0 Å². The maximum Gasteiger partial charge on any atom is 0.0900 e. The lowest BCUT2D eigenvalue weighted by Crippen LogP contribution is -2.38. The number of hydrogen-bond donors (Lipinski definition) is 1. The molecule has 1 saturated heterocycles. The highest BCUT2D eigenvalue weighted by Gasteiger charge is 2.14. The predicted molar refractivity (Wildman–Crippen MR) is 62.0 cm³/mol. The Balaban J connectivity index is 2.03. The summed E-state index contributed by atoms with van der Waals surface area (Å²) in [7, 11) is 0. The summed E-state index contributed by atoms with van der Waals surface area (Å²) in [5.74, 6) is 0.548. The van der Waals surface area contributed by atoms with Crippen LogP contribution in [0, 0.1) is 5.92 Å². The summed E-state index contributed by atoms with van der Waals surface area (Å²) in [4.78, 5) is 2.34. The largest absolute Gasteiger partial charge is 0.389 e. The molecule has 1 rings (SSSR count). The number of hydrogen-bond acceptors (Lipinski definition) is 3. The van der Waals surface area contributed by atoms with Gasteiger partial charge in [-0.15, -0.1) is 0 Å². The van der Waals surface area contributed by atoms with Gasteiger partial charge < -0.3 is 14.7 Å². The van der Waals surface area contributed by atoms with Crippen LogP contribution in [0.2, 0.25) is 0 Å². The van der Waals surface area contributed by atoms with Gasteiger partial charge in [0.25, 0.3) is 0 Å². The molecule has 0 unspecified atom stereocenters. The molecule has 1 aliphatic rings. The molecule has 0 aliphatic carbocycles. The second kappa shape index (κ2) is 7.20. The minimum atomic E-state index is -0.318. The van der Waals surface area contributed by atoms with E-state index in [0.717, 1.165) is 26.2 Å². The van der Waals surface area contributed by atoms with E-state index in [1.165, 1.54) is 19.3 Å². The van der Waals surface area contributed by atoms with Crippen molar-refractivity contribution in [1.82, 2.24) is 4.90 Å². The van der Waals surface area contributed by atoms with Crippen molar-refractivity contribution in [3.05, 3.63) is 0 Å². The van der Waals surface area contributed by atoms with Crippen LogP contribution in [0.3, 0.4) is 0 Å². The maximum absolute atomic E-state index is 9.75. The highest BCUT2D eigenvalue weighted by molar-refractivity contribution is 4.68. The first-order chi connectivity index (χ1) is 7.18. The third kappa shape index (κ3) is 6.13. The minimum Gasteiger partial charge on any atom is -0.389 e. The number of aliphatic hydroxyl groups is 1. The second-order valence-corrected chi connectivity index (χ2v) is 4.95. The molecule has 0 aromatic carbocycles. The van der Waals surface area contributed by atoms with Crippen molar-refractivity contribution in [1.29, 1.82) is 0 Å². The molecule has 0 radical (unpaired) electrons. The molecule has 0 aromatic rings. The summed E-state index contributed by atoms with van der Waals surface area (Å²) in [6, 6.07) is 0. The summed E-state index contributed by atoms with van der Waals surface area (Å²) in [6.07, 6.45) is 3.58. The molecule has 1 aliphatic heterocycles. The number of nitrogens with zero attached hydrogens (tertiary/aromatic N) is 1. The number of piperidine rings is 1. The normalized spacial score (nSPS) is 20.8. The van der Waals surface area contributed by atoms with Crippen LogP contribution in [0.4, 0.5) is 0 Å². The number of β-amino-alcohol motifs (C(OH)–C–C–N with tert-alkyl or cyclic N) is 1. The van der Waals surface area contributed by atoms with E-state index in [1.807, 2.05) is 0 Å². The smallest absolute Gasteiger partial charge is 0.0900 e. The van der Waals surface area contributed by atoms with Crippen LogP contribution < -0.4 is 0 Å². The average Bonchev–Trinajstić information content (AvgIpc) is 2.18. The molecule has 0 spiro atoms. The summed E-state index contributed by atoms with van der Waals surface area (Å²) >= 11 is 0. The summed E-state index contributed by atoms with van der Waals surface area (Å²) in [5, 5.41) is 9.75. The molecular weight excluding hydrogens is 190 g/mol. The lowest BCUT2D eigenvalue weighted by atomic mass is 10.1. The van der Waals surface area contributed by atoms with Gasteiger partial charge in [0.05, 0.1) is 12.7 Å². The third-order valence-electron chi connectivity index (χ3n) is 2.68. The summed E-state index contributed by atoms with van der Waals surface area (Å²) in [5.41, 5.74) is 0. The van der Waals surface area contributed by atoms with Crippen LogP contribution in [0.15, 0.2) is 0 Å². The van der Waals surface area contributed by atoms with Gasteiger partial charge in [-0.25, -0.2) is 0 Å². The molecule has 0 amide bonds. The Morgan fingerprint density at radius 3 is 2.40 bits per heavy atom. The van der Waals surface area contributed by atoms with Crippen molar-refractivity contribution >= 4 is 0 Å². The lowest BCUT2D eigenvalue weighted by Gasteiger charge is -2.28. The quantitative estimate of drug-likeness (QED) is 0.729. The molecule has 1 atom stereocenters. The van der Waals surface area contributed by atoms with Crippen molar-refractivity contribution in [2.75, 3.05) is 32.8 Å². The Bertz CT molecular complexity index is 156. The van der Waals surface area contributed by atoms with E-state index in [9.17, 15) is 5.11 Å². The molecule has 0 aromatic heterocycles. The molecular formula is C12H25NO2. The van der Waals surface area contributed by atoms with Crippen LogP contribution in [-0.4, -0.2) is 49.0 Å². The Hall–Kier alpha value is -0.120. The fourth-order valence-electron chi connectivity index (χ4n) is 1.93. The van der Waals surface area contributed by atoms with E-state index in [2.05, 4.69) is 18.7 Å². The number of rotatable bonds is 6. The first-order valence-electron chi connectivity index (χ1n) is 6.16. The highest BCUT2D eigenvalue weighted by Crippen LogP contribution is 2.09. The summed E-state index contributed by atoms with van der Waals surface area (Å²) in [6.45, 7) is 8.53.